The molecule has 9 heteroatoms. The Labute approximate surface area is 220 Å². The van der Waals surface area contributed by atoms with E-state index < -0.39 is 11.7 Å². The predicted molar refractivity (Wildman–Crippen MR) is 140 cm³/mol. The van der Waals surface area contributed by atoms with Gasteiger partial charge in [-0.25, -0.2) is 9.37 Å². The van der Waals surface area contributed by atoms with Crippen LogP contribution in [0.1, 0.15) is 60.9 Å². The zero-order valence-corrected chi connectivity index (χ0v) is 21.7. The predicted octanol–water partition coefficient (Wildman–Crippen LogP) is 5.15. The van der Waals surface area contributed by atoms with Gasteiger partial charge in [0, 0.05) is 22.8 Å². The number of alkyl halides is 1. The number of piperidine rings is 1. The summed E-state index contributed by atoms with van der Waals surface area (Å²) in [5.74, 6) is 1.44. The van der Waals surface area contributed by atoms with E-state index in [0.717, 1.165) is 53.2 Å². The zero-order valence-electron chi connectivity index (χ0n) is 20.9. The first-order valence-corrected chi connectivity index (χ1v) is 13.6. The van der Waals surface area contributed by atoms with Crippen LogP contribution in [0.3, 0.4) is 0 Å². The van der Waals surface area contributed by atoms with E-state index in [4.69, 9.17) is 16.3 Å². The first-order chi connectivity index (χ1) is 17.8. The van der Waals surface area contributed by atoms with E-state index in [1.807, 2.05) is 29.9 Å². The van der Waals surface area contributed by atoms with E-state index in [1.54, 1.807) is 12.4 Å². The van der Waals surface area contributed by atoms with Crippen molar-refractivity contribution in [2.45, 2.75) is 62.2 Å². The van der Waals surface area contributed by atoms with Crippen molar-refractivity contribution in [1.29, 1.82) is 0 Å². The highest BCUT2D eigenvalue weighted by Gasteiger charge is 2.58. The number of hydrogen-bond donors (Lipinski definition) is 1. The van der Waals surface area contributed by atoms with Crippen LogP contribution in [0.2, 0.25) is 5.02 Å². The molecule has 3 aromatic rings. The average Bonchev–Trinajstić information content (AvgIpc) is 3.45. The van der Waals surface area contributed by atoms with Gasteiger partial charge in [0.1, 0.15) is 12.0 Å². The van der Waals surface area contributed by atoms with Crippen molar-refractivity contribution in [2.24, 2.45) is 5.92 Å². The lowest BCUT2D eigenvalue weighted by molar-refractivity contribution is -0.0978. The summed E-state index contributed by atoms with van der Waals surface area (Å²) in [7, 11) is 0. The van der Waals surface area contributed by atoms with Gasteiger partial charge in [0.2, 0.25) is 0 Å². The number of carbonyl (C=O) groups excluding carboxylic acids is 1. The van der Waals surface area contributed by atoms with Crippen molar-refractivity contribution in [3.63, 3.8) is 0 Å². The Morgan fingerprint density at radius 2 is 1.95 bits per heavy atom. The molecule has 1 amide bonds. The highest BCUT2D eigenvalue weighted by molar-refractivity contribution is 6.32. The molecule has 3 aliphatic carbocycles. The molecule has 0 spiro atoms. The fourth-order valence-corrected chi connectivity index (χ4v) is 7.12. The minimum atomic E-state index is -0.952. The molecule has 2 saturated heterocycles. The Bertz CT molecular complexity index is 1370. The Balaban J connectivity index is 1.06. The number of ether oxygens (including phenoxy) is 1. The topological polar surface area (TPSA) is 72.3 Å². The molecule has 8 rings (SSSR count). The summed E-state index contributed by atoms with van der Waals surface area (Å²) in [6.07, 6.45) is 9.65. The zero-order chi connectivity index (χ0) is 25.4. The van der Waals surface area contributed by atoms with Gasteiger partial charge in [-0.3, -0.25) is 14.4 Å². The first kappa shape index (κ1) is 23.6. The second kappa shape index (κ2) is 8.48. The van der Waals surface area contributed by atoms with E-state index >= 15 is 0 Å². The van der Waals surface area contributed by atoms with Crippen LogP contribution in [0.4, 0.5) is 10.2 Å². The molecule has 2 atom stereocenters. The molecule has 4 heterocycles. The highest BCUT2D eigenvalue weighted by Crippen LogP contribution is 2.61. The number of likely N-dealkylation sites (tertiary alicyclic amines) is 1. The van der Waals surface area contributed by atoms with Crippen molar-refractivity contribution in [3.8, 4) is 0 Å². The monoisotopic (exact) mass is 523 g/mol. The molecule has 5 fully saturated rings. The number of hydrogen-bond acceptors (Lipinski definition) is 5. The van der Waals surface area contributed by atoms with Crippen molar-refractivity contribution < 1.29 is 13.9 Å². The number of pyridine rings is 1. The summed E-state index contributed by atoms with van der Waals surface area (Å²) in [5.41, 5.74) is 1.27. The van der Waals surface area contributed by atoms with Crippen LogP contribution in [0.15, 0.2) is 36.8 Å². The van der Waals surface area contributed by atoms with Crippen molar-refractivity contribution in [3.05, 3.63) is 52.9 Å². The fraction of sp³-hybridized carbons (Fsp3) is 0.536. The van der Waals surface area contributed by atoms with E-state index in [2.05, 4.69) is 26.4 Å². The third-order valence-electron chi connectivity index (χ3n) is 9.41. The minimum Gasteiger partial charge on any atom is -0.376 e. The lowest BCUT2D eigenvalue weighted by atomic mass is 9.50. The summed E-state index contributed by atoms with van der Waals surface area (Å²) in [5, 5.41) is 10.0. The summed E-state index contributed by atoms with van der Waals surface area (Å²) < 4.78 is 21.9. The molecule has 2 aliphatic heterocycles. The van der Waals surface area contributed by atoms with Gasteiger partial charge in [-0.05, 0) is 93.1 Å². The van der Waals surface area contributed by atoms with Gasteiger partial charge in [0.05, 0.1) is 36.1 Å². The molecular weight excluding hydrogens is 493 g/mol. The molecule has 7 nitrogen and oxygen atoms in total. The summed E-state index contributed by atoms with van der Waals surface area (Å²) in [6.45, 7) is 4.22. The van der Waals surface area contributed by atoms with E-state index in [9.17, 15) is 9.18 Å². The number of carbonyl (C=O) groups is 1. The number of nitrogens with one attached hydrogen (secondary N) is 1. The van der Waals surface area contributed by atoms with Crippen molar-refractivity contribution in [1.82, 2.24) is 19.7 Å². The standard InChI is InChI=1S/C28H31ClFN5O2/c1-27(16-37-15-24(27)30)34-4-2-18(3-5-34)22-6-19-8-25(31-12-20(19)7-23(22)29)33-26(36)21-13-32-35(14-21)28-9-17(10-28)11-28/h6-8,12-14,17-18,24H,2-5,9-11,15-16H2,1H3,(H,31,33,36). The largest absolute Gasteiger partial charge is 0.376 e. The SMILES string of the molecule is CC1(N2CCC(c3cc4cc(NC(=O)c5cnn(C67CC(C6)C7)c5)ncc4cc3Cl)CC2)COCC1F. The van der Waals surface area contributed by atoms with Gasteiger partial charge in [0.15, 0.2) is 0 Å². The normalized spacial score (nSPS) is 31.8. The van der Waals surface area contributed by atoms with E-state index in [-0.39, 0.29) is 18.1 Å². The van der Waals surface area contributed by atoms with E-state index in [1.165, 1.54) is 19.3 Å². The quantitative estimate of drug-likeness (QED) is 0.500. The van der Waals surface area contributed by atoms with Crippen LogP contribution in [0.5, 0.6) is 0 Å². The average molecular weight is 524 g/mol. The Kier molecular flexibility index (Phi) is 5.40. The van der Waals surface area contributed by atoms with Crippen LogP contribution >= 0.6 is 11.6 Å². The van der Waals surface area contributed by atoms with Crippen molar-refractivity contribution >= 4 is 34.1 Å². The maximum Gasteiger partial charge on any atom is 0.260 e. The smallest absolute Gasteiger partial charge is 0.260 e. The highest BCUT2D eigenvalue weighted by atomic mass is 35.5. The molecule has 1 N–H and O–H groups in total. The maximum absolute atomic E-state index is 14.5. The molecule has 5 aliphatic rings. The van der Waals surface area contributed by atoms with Gasteiger partial charge in [-0.2, -0.15) is 5.10 Å². The number of aromatic nitrogens is 3. The molecular formula is C28H31ClFN5O2. The van der Waals surface area contributed by atoms with Crippen LogP contribution in [0.25, 0.3) is 10.8 Å². The molecule has 0 radical (unpaired) electrons. The second-order valence-corrected chi connectivity index (χ2v) is 12.1. The maximum atomic E-state index is 14.5. The number of amides is 1. The molecule has 2 bridgehead atoms. The number of halogens is 2. The van der Waals surface area contributed by atoms with Crippen molar-refractivity contribution in [2.75, 3.05) is 31.6 Å². The van der Waals surface area contributed by atoms with E-state index in [0.29, 0.717) is 23.9 Å². The van der Waals surface area contributed by atoms with Gasteiger partial charge >= 0.3 is 0 Å². The van der Waals surface area contributed by atoms with Gasteiger partial charge in [-0.1, -0.05) is 11.6 Å². The number of benzene rings is 1. The molecule has 194 valence electrons. The van der Waals surface area contributed by atoms with Crippen LogP contribution in [-0.4, -0.2) is 63.6 Å². The molecule has 1 aromatic carbocycles. The van der Waals surface area contributed by atoms with Gasteiger partial charge in [0.25, 0.3) is 5.91 Å². The van der Waals surface area contributed by atoms with Gasteiger partial charge in [-0.15, -0.1) is 0 Å². The lowest BCUT2D eigenvalue weighted by Gasteiger charge is -2.61. The second-order valence-electron chi connectivity index (χ2n) is 11.7. The first-order valence-electron chi connectivity index (χ1n) is 13.3. The number of anilines is 1. The van der Waals surface area contributed by atoms with Crippen LogP contribution < -0.4 is 5.32 Å². The molecule has 2 aromatic heterocycles. The summed E-state index contributed by atoms with van der Waals surface area (Å²) in [4.78, 5) is 19.6. The lowest BCUT2D eigenvalue weighted by Crippen LogP contribution is -2.59. The fourth-order valence-electron chi connectivity index (χ4n) is 6.80. The molecule has 3 saturated carbocycles. The minimum absolute atomic E-state index is 0.159. The Morgan fingerprint density at radius 1 is 1.16 bits per heavy atom. The third-order valence-corrected chi connectivity index (χ3v) is 9.73. The van der Waals surface area contributed by atoms with Crippen LogP contribution in [0, 0.1) is 5.92 Å². The van der Waals surface area contributed by atoms with Gasteiger partial charge < -0.3 is 10.1 Å². The van der Waals surface area contributed by atoms with Crippen LogP contribution in [-0.2, 0) is 10.3 Å². The number of rotatable bonds is 5. The Hall–Kier alpha value is -2.55. The molecule has 37 heavy (non-hydrogen) atoms. The summed E-state index contributed by atoms with van der Waals surface area (Å²) in [6, 6.07) is 5.97. The molecule has 2 unspecified atom stereocenters. The Morgan fingerprint density at radius 3 is 2.62 bits per heavy atom. The third kappa shape index (κ3) is 3.79. The number of fused-ring (bicyclic) bond motifs is 1. The number of nitrogens with zero attached hydrogens (tertiary/aromatic N) is 4. The summed E-state index contributed by atoms with van der Waals surface area (Å²) >= 11 is 6.71.